The second-order valence-corrected chi connectivity index (χ2v) is 5.65. The summed E-state index contributed by atoms with van der Waals surface area (Å²) in [7, 11) is 0. The lowest BCUT2D eigenvalue weighted by atomic mass is 10.1. The average molecular weight is 327 g/mol. The molecule has 18 heavy (non-hydrogen) atoms. The van der Waals surface area contributed by atoms with Gasteiger partial charge < -0.3 is 0 Å². The zero-order valence-corrected chi connectivity index (χ0v) is 12.3. The van der Waals surface area contributed by atoms with Crippen molar-refractivity contribution in [2.75, 3.05) is 0 Å². The van der Waals surface area contributed by atoms with E-state index in [4.69, 9.17) is 0 Å². The Morgan fingerprint density at radius 3 is 2.83 bits per heavy atom. The van der Waals surface area contributed by atoms with Gasteiger partial charge in [-0.2, -0.15) is 0 Å². The minimum absolute atomic E-state index is 0.0492. The van der Waals surface area contributed by atoms with Gasteiger partial charge in [0.25, 0.3) is 0 Å². The Labute approximate surface area is 118 Å². The highest BCUT2D eigenvalue weighted by Crippen LogP contribution is 2.24. The minimum atomic E-state index is -0.331. The van der Waals surface area contributed by atoms with Crippen LogP contribution < -0.4 is 0 Å². The zero-order chi connectivity index (χ0) is 13.1. The van der Waals surface area contributed by atoms with Crippen molar-refractivity contribution < 1.29 is 9.18 Å². The number of carbonyl (C=O) groups is 1. The molecule has 0 bridgehead atoms. The molecule has 0 saturated carbocycles. The highest BCUT2D eigenvalue weighted by Gasteiger charge is 2.15. The highest BCUT2D eigenvalue weighted by molar-refractivity contribution is 9.10. The second-order valence-electron chi connectivity index (χ2n) is 3.94. The first-order chi connectivity index (χ1) is 8.63. The van der Waals surface area contributed by atoms with E-state index in [2.05, 4.69) is 15.9 Å². The Morgan fingerprint density at radius 2 is 2.11 bits per heavy atom. The Hall–Kier alpha value is -1.00. The third-order valence-corrected chi connectivity index (χ3v) is 4.65. The van der Waals surface area contributed by atoms with E-state index in [9.17, 15) is 9.18 Å². The van der Waals surface area contributed by atoms with Crippen LogP contribution >= 0.6 is 27.3 Å². The standard InChI is InChI=1S/C14H12BrFOS/c1-2-9-6-7-18-14(9)12(17)8-10-4-3-5-11(16)13(10)15/h3-7H,2,8H2,1H3. The molecular weight excluding hydrogens is 315 g/mol. The van der Waals surface area contributed by atoms with Gasteiger partial charge in [0.1, 0.15) is 5.82 Å². The molecule has 0 unspecified atom stereocenters. The fourth-order valence-electron chi connectivity index (χ4n) is 1.80. The van der Waals surface area contributed by atoms with Crippen molar-refractivity contribution in [3.8, 4) is 0 Å². The maximum Gasteiger partial charge on any atom is 0.177 e. The van der Waals surface area contributed by atoms with Gasteiger partial charge in [-0.1, -0.05) is 19.1 Å². The van der Waals surface area contributed by atoms with Gasteiger partial charge in [0.15, 0.2) is 5.78 Å². The topological polar surface area (TPSA) is 17.1 Å². The molecule has 1 heterocycles. The Kier molecular flexibility index (Phi) is 4.30. The van der Waals surface area contributed by atoms with Crippen LogP contribution in [0.5, 0.6) is 0 Å². The van der Waals surface area contributed by atoms with Crippen LogP contribution in [0.15, 0.2) is 34.1 Å². The molecule has 0 radical (unpaired) electrons. The van der Waals surface area contributed by atoms with Crippen LogP contribution in [0.25, 0.3) is 0 Å². The molecule has 0 amide bonds. The molecule has 0 atom stereocenters. The van der Waals surface area contributed by atoms with Crippen molar-refractivity contribution in [2.45, 2.75) is 19.8 Å². The van der Waals surface area contributed by atoms with Crippen LogP contribution in [-0.2, 0) is 12.8 Å². The smallest absolute Gasteiger partial charge is 0.177 e. The van der Waals surface area contributed by atoms with Gasteiger partial charge in [0.05, 0.1) is 9.35 Å². The van der Waals surface area contributed by atoms with Crippen molar-refractivity contribution in [1.82, 2.24) is 0 Å². The number of halogens is 2. The first-order valence-electron chi connectivity index (χ1n) is 5.66. The van der Waals surface area contributed by atoms with Crippen molar-refractivity contribution >= 4 is 33.0 Å². The third kappa shape index (κ3) is 2.70. The van der Waals surface area contributed by atoms with E-state index in [-0.39, 0.29) is 18.0 Å². The Balaban J connectivity index is 2.24. The lowest BCUT2D eigenvalue weighted by molar-refractivity contribution is 0.0996. The summed E-state index contributed by atoms with van der Waals surface area (Å²) in [5.74, 6) is -0.282. The van der Waals surface area contributed by atoms with Gasteiger partial charge >= 0.3 is 0 Å². The summed E-state index contributed by atoms with van der Waals surface area (Å²) >= 11 is 4.64. The van der Waals surface area contributed by atoms with Crippen LogP contribution in [0.3, 0.4) is 0 Å². The molecule has 1 aromatic carbocycles. The monoisotopic (exact) mass is 326 g/mol. The molecule has 0 aliphatic rings. The summed E-state index contributed by atoms with van der Waals surface area (Å²) in [5, 5.41) is 1.92. The first kappa shape index (κ1) is 13.4. The van der Waals surface area contributed by atoms with Crippen LogP contribution in [-0.4, -0.2) is 5.78 Å². The average Bonchev–Trinajstić information content (AvgIpc) is 2.83. The van der Waals surface area contributed by atoms with E-state index >= 15 is 0 Å². The van der Waals surface area contributed by atoms with E-state index in [1.807, 2.05) is 18.4 Å². The molecule has 4 heteroatoms. The van der Waals surface area contributed by atoms with Gasteiger partial charge in [-0.3, -0.25) is 4.79 Å². The third-order valence-electron chi connectivity index (χ3n) is 2.76. The summed E-state index contributed by atoms with van der Waals surface area (Å²) in [6.45, 7) is 2.02. The number of ketones is 1. The van der Waals surface area contributed by atoms with Gasteiger partial charge in [0.2, 0.25) is 0 Å². The predicted molar refractivity (Wildman–Crippen MR) is 75.8 cm³/mol. The number of thiophene rings is 1. The molecule has 0 aliphatic heterocycles. The summed E-state index contributed by atoms with van der Waals surface area (Å²) in [6, 6.07) is 6.74. The quantitative estimate of drug-likeness (QED) is 0.748. The van der Waals surface area contributed by atoms with E-state index in [1.165, 1.54) is 17.4 Å². The van der Waals surface area contributed by atoms with Crippen molar-refractivity contribution in [3.63, 3.8) is 0 Å². The number of carbonyl (C=O) groups excluding carboxylic acids is 1. The number of benzene rings is 1. The van der Waals surface area contributed by atoms with E-state index in [1.54, 1.807) is 12.1 Å². The van der Waals surface area contributed by atoms with Gasteiger partial charge in [-0.05, 0) is 51.0 Å². The highest BCUT2D eigenvalue weighted by atomic mass is 79.9. The summed E-state index contributed by atoms with van der Waals surface area (Å²) in [4.78, 5) is 13.0. The van der Waals surface area contributed by atoms with Crippen molar-refractivity contribution in [1.29, 1.82) is 0 Å². The van der Waals surface area contributed by atoms with Gasteiger partial charge in [-0.25, -0.2) is 4.39 Å². The fraction of sp³-hybridized carbons (Fsp3) is 0.214. The molecule has 2 aromatic rings. The van der Waals surface area contributed by atoms with Gasteiger partial charge in [-0.15, -0.1) is 11.3 Å². The van der Waals surface area contributed by atoms with Gasteiger partial charge in [0, 0.05) is 6.42 Å². The molecule has 94 valence electrons. The lowest BCUT2D eigenvalue weighted by Crippen LogP contribution is -2.05. The van der Waals surface area contributed by atoms with Crippen molar-refractivity contribution in [2.24, 2.45) is 0 Å². The molecule has 2 rings (SSSR count). The molecule has 1 nitrogen and oxygen atoms in total. The fourth-order valence-corrected chi connectivity index (χ4v) is 3.14. The molecular formula is C14H12BrFOS. The molecule has 0 spiro atoms. The SMILES string of the molecule is CCc1ccsc1C(=O)Cc1cccc(F)c1Br. The van der Waals surface area contributed by atoms with E-state index in [0.717, 1.165) is 16.9 Å². The van der Waals surface area contributed by atoms with E-state index in [0.29, 0.717) is 10.0 Å². The van der Waals surface area contributed by atoms with Crippen LogP contribution in [0, 0.1) is 5.82 Å². The zero-order valence-electron chi connectivity index (χ0n) is 9.87. The second kappa shape index (κ2) is 5.76. The minimum Gasteiger partial charge on any atom is -0.293 e. The number of Topliss-reactive ketones (excluding diaryl/α,β-unsaturated/α-hetero) is 1. The van der Waals surface area contributed by atoms with Crippen LogP contribution in [0.1, 0.15) is 27.7 Å². The summed E-state index contributed by atoms with van der Waals surface area (Å²) < 4.78 is 13.7. The maximum atomic E-state index is 13.4. The lowest BCUT2D eigenvalue weighted by Gasteiger charge is -2.05. The molecule has 0 fully saturated rings. The Morgan fingerprint density at radius 1 is 1.33 bits per heavy atom. The largest absolute Gasteiger partial charge is 0.293 e. The van der Waals surface area contributed by atoms with E-state index < -0.39 is 0 Å². The molecule has 0 saturated heterocycles. The number of aryl methyl sites for hydroxylation is 1. The summed E-state index contributed by atoms with van der Waals surface area (Å²) in [6.07, 6.45) is 1.07. The van der Waals surface area contributed by atoms with Crippen LogP contribution in [0.2, 0.25) is 0 Å². The molecule has 1 aromatic heterocycles. The molecule has 0 aliphatic carbocycles. The number of rotatable bonds is 4. The number of hydrogen-bond acceptors (Lipinski definition) is 2. The Bertz CT molecular complexity index is 577. The predicted octanol–water partition coefficient (Wildman–Crippen LogP) is 4.64. The number of hydrogen-bond donors (Lipinski definition) is 0. The maximum absolute atomic E-state index is 13.4. The van der Waals surface area contributed by atoms with Crippen LogP contribution in [0.4, 0.5) is 4.39 Å². The molecule has 0 N–H and O–H groups in total. The normalized spacial score (nSPS) is 10.6. The summed E-state index contributed by atoms with van der Waals surface area (Å²) in [5.41, 5.74) is 1.76. The first-order valence-corrected chi connectivity index (χ1v) is 7.33. The van der Waals surface area contributed by atoms with Crippen molar-refractivity contribution in [3.05, 3.63) is 55.9 Å².